The molecule has 1 fully saturated rings. The van der Waals surface area contributed by atoms with Gasteiger partial charge in [0.1, 0.15) is 0 Å². The Bertz CT molecular complexity index is 1060. The van der Waals surface area contributed by atoms with E-state index in [-0.39, 0.29) is 23.8 Å². The number of rotatable bonds is 4. The van der Waals surface area contributed by atoms with Gasteiger partial charge in [0.25, 0.3) is 0 Å². The molecule has 0 radical (unpaired) electrons. The van der Waals surface area contributed by atoms with E-state index in [0.717, 1.165) is 36.0 Å². The SMILES string of the molecule is O=C(N[C@@H]1CCCc2c1[nH]c1ccccc21)[C@@H]1CC(=O)N(Cc2ccccc2)C1. The molecule has 5 nitrogen and oxygen atoms in total. The number of carbonyl (C=O) groups excluding carboxylic acids is 2. The van der Waals surface area contributed by atoms with E-state index in [1.165, 1.54) is 10.9 Å². The maximum absolute atomic E-state index is 13.0. The van der Waals surface area contributed by atoms with E-state index in [1.807, 2.05) is 36.4 Å². The van der Waals surface area contributed by atoms with Crippen LogP contribution in [0.4, 0.5) is 0 Å². The van der Waals surface area contributed by atoms with Crippen LogP contribution in [0.1, 0.15) is 42.1 Å². The lowest BCUT2D eigenvalue weighted by atomic mass is 9.91. The molecule has 5 rings (SSSR count). The first kappa shape index (κ1) is 18.0. The van der Waals surface area contributed by atoms with Gasteiger partial charge in [-0.2, -0.15) is 0 Å². The van der Waals surface area contributed by atoms with E-state index in [9.17, 15) is 9.59 Å². The van der Waals surface area contributed by atoms with Gasteiger partial charge in [-0.1, -0.05) is 48.5 Å². The van der Waals surface area contributed by atoms with E-state index < -0.39 is 0 Å². The quantitative estimate of drug-likeness (QED) is 0.717. The van der Waals surface area contributed by atoms with Crippen LogP contribution in [0, 0.1) is 5.92 Å². The summed E-state index contributed by atoms with van der Waals surface area (Å²) in [4.78, 5) is 30.7. The topological polar surface area (TPSA) is 65.2 Å². The summed E-state index contributed by atoms with van der Waals surface area (Å²) in [5, 5.41) is 4.49. The fourth-order valence-electron chi connectivity index (χ4n) is 4.75. The fraction of sp³-hybridized carbons (Fsp3) is 0.333. The monoisotopic (exact) mass is 387 g/mol. The molecule has 1 saturated heterocycles. The molecule has 0 bridgehead atoms. The van der Waals surface area contributed by atoms with Crippen LogP contribution in [0.15, 0.2) is 54.6 Å². The van der Waals surface area contributed by atoms with Gasteiger partial charge in [-0.05, 0) is 36.5 Å². The number of H-pyrrole nitrogens is 1. The van der Waals surface area contributed by atoms with E-state index in [2.05, 4.69) is 28.5 Å². The number of carbonyl (C=O) groups is 2. The molecule has 1 aliphatic carbocycles. The van der Waals surface area contributed by atoms with Crippen molar-refractivity contribution in [3.63, 3.8) is 0 Å². The largest absolute Gasteiger partial charge is 0.356 e. The van der Waals surface area contributed by atoms with E-state index in [0.29, 0.717) is 19.5 Å². The molecule has 0 spiro atoms. The highest BCUT2D eigenvalue weighted by atomic mass is 16.2. The smallest absolute Gasteiger partial charge is 0.225 e. The van der Waals surface area contributed by atoms with Gasteiger partial charge in [-0.3, -0.25) is 9.59 Å². The maximum atomic E-state index is 13.0. The first-order valence-electron chi connectivity index (χ1n) is 10.4. The molecule has 2 aliphatic rings. The Morgan fingerprint density at radius 3 is 2.76 bits per heavy atom. The van der Waals surface area contributed by atoms with Crippen LogP contribution >= 0.6 is 0 Å². The normalized spacial score (nSPS) is 21.4. The van der Waals surface area contributed by atoms with Crippen LogP contribution in [0.5, 0.6) is 0 Å². The van der Waals surface area contributed by atoms with Gasteiger partial charge < -0.3 is 15.2 Å². The number of hydrogen-bond donors (Lipinski definition) is 2. The van der Waals surface area contributed by atoms with Gasteiger partial charge in [0.15, 0.2) is 0 Å². The maximum Gasteiger partial charge on any atom is 0.225 e. The van der Waals surface area contributed by atoms with Gasteiger partial charge in [0.05, 0.1) is 12.0 Å². The van der Waals surface area contributed by atoms with Crippen molar-refractivity contribution in [2.75, 3.05) is 6.54 Å². The summed E-state index contributed by atoms with van der Waals surface area (Å²) >= 11 is 0. The van der Waals surface area contributed by atoms with Crippen LogP contribution < -0.4 is 5.32 Å². The third-order valence-corrected chi connectivity index (χ3v) is 6.23. The van der Waals surface area contributed by atoms with Crippen molar-refractivity contribution < 1.29 is 9.59 Å². The number of aromatic nitrogens is 1. The molecule has 148 valence electrons. The zero-order valence-electron chi connectivity index (χ0n) is 16.4. The van der Waals surface area contributed by atoms with Crippen molar-refractivity contribution >= 4 is 22.7 Å². The predicted octanol–water partition coefficient (Wildman–Crippen LogP) is 3.71. The molecule has 0 unspecified atom stereocenters. The van der Waals surface area contributed by atoms with Crippen LogP contribution in [0.3, 0.4) is 0 Å². The molecular formula is C24H25N3O2. The highest BCUT2D eigenvalue weighted by molar-refractivity contribution is 5.90. The number of para-hydroxylation sites is 1. The average Bonchev–Trinajstić information content (AvgIpc) is 3.30. The van der Waals surface area contributed by atoms with Crippen LogP contribution in [0.25, 0.3) is 10.9 Å². The first-order chi connectivity index (χ1) is 14.2. The van der Waals surface area contributed by atoms with E-state index in [1.54, 1.807) is 4.90 Å². The minimum atomic E-state index is -0.277. The number of nitrogens with one attached hydrogen (secondary N) is 2. The van der Waals surface area contributed by atoms with Gasteiger partial charge in [0.2, 0.25) is 11.8 Å². The Kier molecular flexibility index (Phi) is 4.58. The van der Waals surface area contributed by atoms with E-state index in [4.69, 9.17) is 0 Å². The lowest BCUT2D eigenvalue weighted by Crippen LogP contribution is -2.36. The summed E-state index contributed by atoms with van der Waals surface area (Å²) in [6, 6.07) is 18.3. The summed E-state index contributed by atoms with van der Waals surface area (Å²) in [5.74, 6) is -0.227. The van der Waals surface area contributed by atoms with Crippen molar-refractivity contribution in [2.45, 2.75) is 38.3 Å². The Labute approximate surface area is 170 Å². The summed E-state index contributed by atoms with van der Waals surface area (Å²) < 4.78 is 0. The predicted molar refractivity (Wildman–Crippen MR) is 112 cm³/mol. The van der Waals surface area contributed by atoms with Gasteiger partial charge in [-0.15, -0.1) is 0 Å². The zero-order valence-corrected chi connectivity index (χ0v) is 16.4. The number of fused-ring (bicyclic) bond motifs is 3. The molecule has 2 amide bonds. The second-order valence-corrected chi connectivity index (χ2v) is 8.18. The second-order valence-electron chi connectivity index (χ2n) is 8.18. The number of likely N-dealkylation sites (tertiary alicyclic amines) is 1. The Hall–Kier alpha value is -3.08. The number of aromatic amines is 1. The standard InChI is InChI=1S/C24H25N3O2/c28-22-13-17(15-27(22)14-16-7-2-1-3-8-16)24(29)26-21-12-6-10-19-18-9-4-5-11-20(18)25-23(19)21/h1-5,7-9,11,17,21,25H,6,10,12-15H2,(H,26,29)/t17-,21-/m1/s1. The Morgan fingerprint density at radius 2 is 1.90 bits per heavy atom. The van der Waals surface area contributed by atoms with Gasteiger partial charge >= 0.3 is 0 Å². The molecule has 5 heteroatoms. The molecule has 0 saturated carbocycles. The molecule has 29 heavy (non-hydrogen) atoms. The molecule has 1 aromatic heterocycles. The minimum Gasteiger partial charge on any atom is -0.356 e. The fourth-order valence-corrected chi connectivity index (χ4v) is 4.75. The number of aryl methyl sites for hydroxylation is 1. The van der Waals surface area contributed by atoms with Gasteiger partial charge in [0, 0.05) is 36.1 Å². The summed E-state index contributed by atoms with van der Waals surface area (Å²) in [5.41, 5.74) is 4.68. The number of hydrogen-bond acceptors (Lipinski definition) is 2. The highest BCUT2D eigenvalue weighted by Crippen LogP contribution is 2.35. The van der Waals surface area contributed by atoms with Crippen molar-refractivity contribution in [1.29, 1.82) is 0 Å². The average molecular weight is 387 g/mol. The third-order valence-electron chi connectivity index (χ3n) is 6.23. The first-order valence-corrected chi connectivity index (χ1v) is 10.4. The molecule has 3 aromatic rings. The lowest BCUT2D eigenvalue weighted by Gasteiger charge is -2.25. The second kappa shape index (κ2) is 7.39. The van der Waals surface area contributed by atoms with Crippen molar-refractivity contribution in [2.24, 2.45) is 5.92 Å². The Balaban J connectivity index is 1.29. The van der Waals surface area contributed by atoms with Gasteiger partial charge in [-0.25, -0.2) is 0 Å². The summed E-state index contributed by atoms with van der Waals surface area (Å²) in [7, 11) is 0. The Morgan fingerprint density at radius 1 is 1.10 bits per heavy atom. The summed E-state index contributed by atoms with van der Waals surface area (Å²) in [6.45, 7) is 1.06. The molecular weight excluding hydrogens is 362 g/mol. The number of amides is 2. The van der Waals surface area contributed by atoms with Crippen LogP contribution in [-0.2, 0) is 22.6 Å². The van der Waals surface area contributed by atoms with Crippen molar-refractivity contribution in [1.82, 2.24) is 15.2 Å². The third kappa shape index (κ3) is 3.41. The number of benzene rings is 2. The molecule has 1 aliphatic heterocycles. The molecule has 2 N–H and O–H groups in total. The van der Waals surface area contributed by atoms with Crippen LogP contribution in [0.2, 0.25) is 0 Å². The molecule has 2 atom stereocenters. The summed E-state index contributed by atoms with van der Waals surface area (Å²) in [6.07, 6.45) is 3.33. The highest BCUT2D eigenvalue weighted by Gasteiger charge is 2.36. The molecule has 2 aromatic carbocycles. The van der Waals surface area contributed by atoms with Crippen molar-refractivity contribution in [3.8, 4) is 0 Å². The zero-order chi connectivity index (χ0) is 19.8. The lowest BCUT2D eigenvalue weighted by molar-refractivity contribution is -0.129. The van der Waals surface area contributed by atoms with E-state index >= 15 is 0 Å². The van der Waals surface area contributed by atoms with Crippen molar-refractivity contribution in [3.05, 3.63) is 71.4 Å². The minimum absolute atomic E-state index is 0.00285. The van der Waals surface area contributed by atoms with Crippen LogP contribution in [-0.4, -0.2) is 28.2 Å². The molecule has 2 heterocycles. The number of nitrogens with zero attached hydrogens (tertiary/aromatic N) is 1.